The molecule has 6 heteroatoms. The van der Waals surface area contributed by atoms with E-state index in [2.05, 4.69) is 5.32 Å². The minimum absolute atomic E-state index is 0.0448. The maximum Gasteiger partial charge on any atom is 0.317 e. The standard InChI is InChI=1S/C11H21N3O3/c1-3-13(4-2)10(15)9-12-11(16)14-5-7-17-8-6-14/h3-9H2,1-2H3,(H,12,16). The summed E-state index contributed by atoms with van der Waals surface area (Å²) in [6.45, 7) is 7.56. The number of urea groups is 1. The van der Waals surface area contributed by atoms with Crippen LogP contribution in [0, 0.1) is 0 Å². The molecule has 1 aliphatic heterocycles. The van der Waals surface area contributed by atoms with E-state index in [9.17, 15) is 9.59 Å². The monoisotopic (exact) mass is 243 g/mol. The number of hydrogen-bond donors (Lipinski definition) is 1. The van der Waals surface area contributed by atoms with Gasteiger partial charge >= 0.3 is 6.03 Å². The summed E-state index contributed by atoms with van der Waals surface area (Å²) in [5, 5.41) is 2.64. The number of amides is 3. The Balaban J connectivity index is 2.29. The number of nitrogens with one attached hydrogen (secondary N) is 1. The van der Waals surface area contributed by atoms with Gasteiger partial charge in [0.1, 0.15) is 0 Å². The zero-order valence-electron chi connectivity index (χ0n) is 10.6. The normalized spacial score (nSPS) is 15.5. The van der Waals surface area contributed by atoms with E-state index >= 15 is 0 Å². The summed E-state index contributed by atoms with van der Waals surface area (Å²) in [7, 11) is 0. The van der Waals surface area contributed by atoms with Crippen LogP contribution in [0.1, 0.15) is 13.8 Å². The van der Waals surface area contributed by atoms with Crippen molar-refractivity contribution in [3.05, 3.63) is 0 Å². The van der Waals surface area contributed by atoms with E-state index in [0.717, 1.165) is 0 Å². The Morgan fingerprint density at radius 1 is 1.24 bits per heavy atom. The number of morpholine rings is 1. The predicted octanol–water partition coefficient (Wildman–Crippen LogP) is -0.103. The van der Waals surface area contributed by atoms with Crippen molar-refractivity contribution in [3.8, 4) is 0 Å². The molecule has 0 saturated carbocycles. The molecular weight excluding hydrogens is 222 g/mol. The smallest absolute Gasteiger partial charge is 0.317 e. The average molecular weight is 243 g/mol. The summed E-state index contributed by atoms with van der Waals surface area (Å²) >= 11 is 0. The zero-order chi connectivity index (χ0) is 12.7. The fraction of sp³-hybridized carbons (Fsp3) is 0.818. The predicted molar refractivity (Wildman–Crippen MR) is 63.7 cm³/mol. The number of ether oxygens (including phenoxy) is 1. The minimum Gasteiger partial charge on any atom is -0.378 e. The highest BCUT2D eigenvalue weighted by molar-refractivity contribution is 5.84. The van der Waals surface area contributed by atoms with E-state index in [1.165, 1.54) is 0 Å². The van der Waals surface area contributed by atoms with Crippen molar-refractivity contribution < 1.29 is 14.3 Å². The fourth-order valence-corrected chi connectivity index (χ4v) is 1.72. The molecule has 1 aliphatic rings. The Bertz CT molecular complexity index is 261. The molecule has 17 heavy (non-hydrogen) atoms. The van der Waals surface area contributed by atoms with E-state index in [0.29, 0.717) is 39.4 Å². The first-order valence-electron chi connectivity index (χ1n) is 6.07. The molecule has 1 rings (SSSR count). The van der Waals surface area contributed by atoms with Gasteiger partial charge in [0.25, 0.3) is 0 Å². The lowest BCUT2D eigenvalue weighted by atomic mass is 10.4. The van der Waals surface area contributed by atoms with Gasteiger partial charge in [-0.3, -0.25) is 4.79 Å². The second-order valence-corrected chi connectivity index (χ2v) is 3.82. The Morgan fingerprint density at radius 3 is 2.35 bits per heavy atom. The lowest BCUT2D eigenvalue weighted by Gasteiger charge is -2.27. The summed E-state index contributed by atoms with van der Waals surface area (Å²) in [6, 6.07) is -0.186. The van der Waals surface area contributed by atoms with Crippen molar-refractivity contribution in [2.75, 3.05) is 45.9 Å². The van der Waals surface area contributed by atoms with Gasteiger partial charge in [-0.2, -0.15) is 0 Å². The third-order valence-corrected chi connectivity index (χ3v) is 2.81. The molecule has 1 fully saturated rings. The molecular formula is C11H21N3O3. The van der Waals surface area contributed by atoms with Gasteiger partial charge in [-0.25, -0.2) is 4.79 Å². The minimum atomic E-state index is -0.186. The summed E-state index contributed by atoms with van der Waals surface area (Å²) in [4.78, 5) is 26.7. The molecule has 1 saturated heterocycles. The van der Waals surface area contributed by atoms with Crippen LogP contribution in [0.2, 0.25) is 0 Å². The molecule has 0 radical (unpaired) electrons. The van der Waals surface area contributed by atoms with E-state index in [4.69, 9.17) is 4.74 Å². The van der Waals surface area contributed by atoms with Crippen LogP contribution < -0.4 is 5.32 Å². The maximum absolute atomic E-state index is 11.7. The molecule has 0 atom stereocenters. The van der Waals surface area contributed by atoms with Crippen molar-refractivity contribution in [2.24, 2.45) is 0 Å². The van der Waals surface area contributed by atoms with E-state index < -0.39 is 0 Å². The molecule has 0 aromatic heterocycles. The molecule has 0 bridgehead atoms. The first kappa shape index (κ1) is 13.8. The van der Waals surface area contributed by atoms with Gasteiger partial charge in [0.2, 0.25) is 5.91 Å². The van der Waals surface area contributed by atoms with Crippen LogP contribution in [-0.2, 0) is 9.53 Å². The first-order chi connectivity index (χ1) is 8.19. The van der Waals surface area contributed by atoms with Crippen LogP contribution in [0.15, 0.2) is 0 Å². The molecule has 0 aromatic rings. The lowest BCUT2D eigenvalue weighted by molar-refractivity contribution is -0.129. The highest BCUT2D eigenvalue weighted by Gasteiger charge is 2.18. The van der Waals surface area contributed by atoms with Gasteiger partial charge in [-0.15, -0.1) is 0 Å². The molecule has 0 unspecified atom stereocenters. The van der Waals surface area contributed by atoms with Gasteiger partial charge in [-0.1, -0.05) is 0 Å². The summed E-state index contributed by atoms with van der Waals surface area (Å²) < 4.78 is 5.15. The summed E-state index contributed by atoms with van der Waals surface area (Å²) in [6.07, 6.45) is 0. The SMILES string of the molecule is CCN(CC)C(=O)CNC(=O)N1CCOCC1. The van der Waals surface area contributed by atoms with Crippen molar-refractivity contribution in [1.82, 2.24) is 15.1 Å². The van der Waals surface area contributed by atoms with E-state index in [1.54, 1.807) is 9.80 Å². The Kier molecular flexibility index (Phi) is 5.76. The highest BCUT2D eigenvalue weighted by atomic mass is 16.5. The third-order valence-electron chi connectivity index (χ3n) is 2.81. The van der Waals surface area contributed by atoms with Gasteiger partial charge in [0, 0.05) is 26.2 Å². The second-order valence-electron chi connectivity index (χ2n) is 3.82. The molecule has 1 heterocycles. The summed E-state index contributed by atoms with van der Waals surface area (Å²) in [5.41, 5.74) is 0. The van der Waals surface area contributed by atoms with Crippen molar-refractivity contribution in [3.63, 3.8) is 0 Å². The second kappa shape index (κ2) is 7.11. The molecule has 98 valence electrons. The van der Waals surface area contributed by atoms with Gasteiger partial charge < -0.3 is 19.9 Å². The van der Waals surface area contributed by atoms with Gasteiger partial charge in [0.05, 0.1) is 19.8 Å². The van der Waals surface area contributed by atoms with Crippen LogP contribution in [0.3, 0.4) is 0 Å². The largest absolute Gasteiger partial charge is 0.378 e. The lowest BCUT2D eigenvalue weighted by Crippen LogP contribution is -2.49. The van der Waals surface area contributed by atoms with Crippen LogP contribution in [0.5, 0.6) is 0 Å². The molecule has 0 spiro atoms. The Labute approximate surface area is 102 Å². The number of likely N-dealkylation sites (N-methyl/N-ethyl adjacent to an activating group) is 1. The average Bonchev–Trinajstić information content (AvgIpc) is 2.38. The maximum atomic E-state index is 11.7. The third kappa shape index (κ3) is 4.22. The quantitative estimate of drug-likeness (QED) is 0.750. The Hall–Kier alpha value is -1.30. The first-order valence-corrected chi connectivity index (χ1v) is 6.07. The molecule has 6 nitrogen and oxygen atoms in total. The topological polar surface area (TPSA) is 61.9 Å². The van der Waals surface area contributed by atoms with Gasteiger partial charge in [0.15, 0.2) is 0 Å². The van der Waals surface area contributed by atoms with Crippen LogP contribution in [0.4, 0.5) is 4.79 Å². The van der Waals surface area contributed by atoms with Crippen LogP contribution >= 0.6 is 0 Å². The molecule has 0 aliphatic carbocycles. The van der Waals surface area contributed by atoms with E-state index in [1.807, 2.05) is 13.8 Å². The van der Waals surface area contributed by atoms with Crippen LogP contribution in [-0.4, -0.2) is 67.7 Å². The summed E-state index contributed by atoms with van der Waals surface area (Å²) in [5.74, 6) is -0.0448. The number of rotatable bonds is 4. The van der Waals surface area contributed by atoms with Crippen molar-refractivity contribution >= 4 is 11.9 Å². The highest BCUT2D eigenvalue weighted by Crippen LogP contribution is 1.97. The van der Waals surface area contributed by atoms with Gasteiger partial charge in [-0.05, 0) is 13.8 Å². The van der Waals surface area contributed by atoms with Crippen LogP contribution in [0.25, 0.3) is 0 Å². The molecule has 0 aromatic carbocycles. The Morgan fingerprint density at radius 2 is 1.82 bits per heavy atom. The van der Waals surface area contributed by atoms with E-state index in [-0.39, 0.29) is 18.5 Å². The number of nitrogens with zero attached hydrogens (tertiary/aromatic N) is 2. The fourth-order valence-electron chi connectivity index (χ4n) is 1.72. The zero-order valence-corrected chi connectivity index (χ0v) is 10.6. The number of carbonyl (C=O) groups excluding carboxylic acids is 2. The molecule has 1 N–H and O–H groups in total. The van der Waals surface area contributed by atoms with Crippen molar-refractivity contribution in [1.29, 1.82) is 0 Å². The number of hydrogen-bond acceptors (Lipinski definition) is 3. The number of carbonyl (C=O) groups is 2. The molecule has 3 amide bonds. The van der Waals surface area contributed by atoms with Crippen molar-refractivity contribution in [2.45, 2.75) is 13.8 Å².